The molecule has 5 aromatic carbocycles. The number of carbonyl (C=O) groups excluding carboxylic acids is 1. The molecule has 6 rings (SSSR count). The lowest BCUT2D eigenvalue weighted by Crippen LogP contribution is -2.42. The first-order valence-corrected chi connectivity index (χ1v) is 16.9. The smallest absolute Gasteiger partial charge is 0.276 e. The molecule has 0 aliphatic carbocycles. The van der Waals surface area contributed by atoms with Gasteiger partial charge < -0.3 is 9.64 Å². The molecular weight excluding hydrogens is 583 g/mol. The van der Waals surface area contributed by atoms with Crippen LogP contribution in [-0.2, 0) is 9.53 Å². The molecule has 0 N–H and O–H groups in total. The third-order valence-electron chi connectivity index (χ3n) is 7.76. The van der Waals surface area contributed by atoms with E-state index < -0.39 is 7.26 Å². The monoisotopic (exact) mass is 615 g/mol. The standard InChI is InChI=1S/C38H33ClN2O2P/c39-37(31-18-8-2-9-19-31)40-35(38(42)41-26-28-43-29-27-41)36(30-16-6-1-7-17-30)44(32-20-10-3-11-21-32,33-22-12-4-13-23-33)34-24-14-5-15-25-34/h1-25H,26-29H2/q+1/b36-35-,40-37?. The Morgan fingerprint density at radius 1 is 0.591 bits per heavy atom. The van der Waals surface area contributed by atoms with Gasteiger partial charge in [0, 0.05) is 24.2 Å². The fourth-order valence-corrected chi connectivity index (χ4v) is 10.5. The van der Waals surface area contributed by atoms with E-state index in [9.17, 15) is 4.79 Å². The van der Waals surface area contributed by atoms with Crippen LogP contribution in [0.1, 0.15) is 11.1 Å². The van der Waals surface area contributed by atoms with E-state index in [2.05, 4.69) is 84.9 Å². The summed E-state index contributed by atoms with van der Waals surface area (Å²) in [6.45, 7) is 1.92. The van der Waals surface area contributed by atoms with Crippen LogP contribution in [-0.4, -0.2) is 42.3 Å². The van der Waals surface area contributed by atoms with Crippen LogP contribution in [0.2, 0.25) is 0 Å². The van der Waals surface area contributed by atoms with E-state index >= 15 is 0 Å². The second kappa shape index (κ2) is 14.0. The van der Waals surface area contributed by atoms with Crippen LogP contribution in [0.15, 0.2) is 162 Å². The Labute approximate surface area is 264 Å². The van der Waals surface area contributed by atoms with Crippen molar-refractivity contribution in [3.05, 3.63) is 168 Å². The normalized spacial score (nSPS) is 14.6. The molecule has 1 saturated heterocycles. The van der Waals surface area contributed by atoms with Gasteiger partial charge >= 0.3 is 0 Å². The number of benzene rings is 5. The molecular formula is C38H33ClN2O2P+. The number of rotatable bonds is 8. The van der Waals surface area contributed by atoms with Gasteiger partial charge in [-0.25, -0.2) is 4.99 Å². The zero-order chi connectivity index (χ0) is 30.2. The molecule has 4 nitrogen and oxygen atoms in total. The number of ether oxygens (including phenoxy) is 1. The zero-order valence-electron chi connectivity index (χ0n) is 24.3. The maximum Gasteiger partial charge on any atom is 0.276 e. The summed E-state index contributed by atoms with van der Waals surface area (Å²) in [6.07, 6.45) is 0. The molecule has 0 unspecified atom stereocenters. The van der Waals surface area contributed by atoms with Crippen LogP contribution in [0.3, 0.4) is 0 Å². The van der Waals surface area contributed by atoms with E-state index in [1.54, 1.807) is 0 Å². The Morgan fingerprint density at radius 3 is 1.41 bits per heavy atom. The number of halogens is 1. The lowest BCUT2D eigenvalue weighted by atomic mass is 10.1. The zero-order valence-corrected chi connectivity index (χ0v) is 25.9. The predicted octanol–water partition coefficient (Wildman–Crippen LogP) is 6.89. The molecule has 1 fully saturated rings. The quantitative estimate of drug-likeness (QED) is 0.108. The molecule has 218 valence electrons. The number of nitrogens with zero attached hydrogens (tertiary/aromatic N) is 2. The SMILES string of the molecule is O=C(/C(N=C(Cl)c1ccccc1)=C(\c1ccccc1)[P+](c1ccccc1)(c1ccccc1)c1ccccc1)N1CCOCC1. The summed E-state index contributed by atoms with van der Waals surface area (Å²) in [5.74, 6) is -0.159. The van der Waals surface area contributed by atoms with Crippen molar-refractivity contribution in [2.45, 2.75) is 0 Å². The Balaban J connectivity index is 1.80. The molecule has 1 amide bonds. The van der Waals surface area contributed by atoms with Crippen LogP contribution in [0.25, 0.3) is 5.31 Å². The third-order valence-corrected chi connectivity index (χ3v) is 12.4. The topological polar surface area (TPSA) is 41.9 Å². The lowest BCUT2D eigenvalue weighted by Gasteiger charge is -2.32. The third kappa shape index (κ3) is 6.02. The molecule has 0 saturated carbocycles. The molecule has 6 heteroatoms. The summed E-state index contributed by atoms with van der Waals surface area (Å²) in [6, 6.07) is 51.4. The van der Waals surface area contributed by atoms with Crippen molar-refractivity contribution in [1.29, 1.82) is 0 Å². The molecule has 5 aromatic rings. The molecule has 1 aliphatic heterocycles. The predicted molar refractivity (Wildman–Crippen MR) is 185 cm³/mol. The van der Waals surface area contributed by atoms with Crippen molar-refractivity contribution in [3.8, 4) is 0 Å². The minimum Gasteiger partial charge on any atom is -0.378 e. The van der Waals surface area contributed by atoms with Crippen molar-refractivity contribution in [3.63, 3.8) is 0 Å². The summed E-state index contributed by atoms with van der Waals surface area (Å²) in [4.78, 5) is 21.8. The van der Waals surface area contributed by atoms with Gasteiger partial charge in [0.2, 0.25) is 0 Å². The summed E-state index contributed by atoms with van der Waals surface area (Å²) in [7, 11) is -2.76. The highest BCUT2D eigenvalue weighted by Gasteiger charge is 2.53. The van der Waals surface area contributed by atoms with E-state index in [-0.39, 0.29) is 11.1 Å². The lowest BCUT2D eigenvalue weighted by molar-refractivity contribution is -0.131. The molecule has 1 heterocycles. The largest absolute Gasteiger partial charge is 0.378 e. The maximum atomic E-state index is 14.9. The van der Waals surface area contributed by atoms with Crippen LogP contribution in [0.4, 0.5) is 0 Å². The van der Waals surface area contributed by atoms with E-state index in [1.165, 1.54) is 0 Å². The summed E-state index contributed by atoms with van der Waals surface area (Å²) in [5.41, 5.74) is 2.02. The fraction of sp³-hybridized carbons (Fsp3) is 0.105. The average Bonchev–Trinajstić information content (AvgIpc) is 3.11. The Morgan fingerprint density at radius 2 is 0.977 bits per heavy atom. The van der Waals surface area contributed by atoms with Crippen molar-refractivity contribution >= 4 is 51.2 Å². The molecule has 0 bridgehead atoms. The molecule has 0 aromatic heterocycles. The molecule has 44 heavy (non-hydrogen) atoms. The number of amides is 1. The van der Waals surface area contributed by atoms with Crippen LogP contribution < -0.4 is 15.9 Å². The van der Waals surface area contributed by atoms with Gasteiger partial charge in [-0.05, 0) is 36.4 Å². The van der Waals surface area contributed by atoms with Gasteiger partial charge in [0.1, 0.15) is 33.7 Å². The van der Waals surface area contributed by atoms with Crippen molar-refractivity contribution in [2.75, 3.05) is 26.3 Å². The first kappa shape index (κ1) is 29.7. The first-order chi connectivity index (χ1) is 21.7. The van der Waals surface area contributed by atoms with Gasteiger partial charge in [0.25, 0.3) is 5.91 Å². The molecule has 0 radical (unpaired) electrons. The Bertz CT molecular complexity index is 1640. The Hall–Kier alpha value is -4.34. The van der Waals surface area contributed by atoms with Gasteiger partial charge in [0.15, 0.2) is 5.70 Å². The van der Waals surface area contributed by atoms with Crippen molar-refractivity contribution < 1.29 is 9.53 Å². The highest BCUT2D eigenvalue weighted by molar-refractivity contribution is 8.03. The van der Waals surface area contributed by atoms with E-state index in [0.717, 1.165) is 32.4 Å². The summed E-state index contributed by atoms with van der Waals surface area (Å²) >= 11 is 7.04. The van der Waals surface area contributed by atoms with E-state index in [0.29, 0.717) is 32.0 Å². The summed E-state index contributed by atoms with van der Waals surface area (Å²) < 4.78 is 5.64. The number of morpholine rings is 1. The van der Waals surface area contributed by atoms with Crippen LogP contribution >= 0.6 is 18.9 Å². The minimum atomic E-state index is -2.76. The van der Waals surface area contributed by atoms with Crippen molar-refractivity contribution in [1.82, 2.24) is 4.90 Å². The van der Waals surface area contributed by atoms with Crippen LogP contribution in [0, 0.1) is 0 Å². The van der Waals surface area contributed by atoms with E-state index in [4.69, 9.17) is 21.3 Å². The molecule has 1 aliphatic rings. The average molecular weight is 616 g/mol. The fourth-order valence-electron chi connectivity index (χ4n) is 5.73. The number of hydrogen-bond donors (Lipinski definition) is 0. The van der Waals surface area contributed by atoms with Gasteiger partial charge in [-0.15, -0.1) is 0 Å². The van der Waals surface area contributed by atoms with Gasteiger partial charge in [-0.3, -0.25) is 4.79 Å². The van der Waals surface area contributed by atoms with Crippen LogP contribution in [0.5, 0.6) is 0 Å². The van der Waals surface area contributed by atoms with E-state index in [1.807, 2.05) is 71.6 Å². The second-order valence-electron chi connectivity index (χ2n) is 10.4. The minimum absolute atomic E-state index is 0.159. The number of carbonyl (C=O) groups is 1. The number of hydrogen-bond acceptors (Lipinski definition) is 3. The molecule has 0 spiro atoms. The van der Waals surface area contributed by atoms with Gasteiger partial charge in [-0.2, -0.15) is 0 Å². The second-order valence-corrected chi connectivity index (χ2v) is 14.1. The number of aliphatic imine (C=N–C) groups is 1. The Kier molecular flexibility index (Phi) is 9.43. The highest BCUT2D eigenvalue weighted by Crippen LogP contribution is 2.67. The summed E-state index contributed by atoms with van der Waals surface area (Å²) in [5, 5.41) is 4.49. The maximum absolute atomic E-state index is 14.9. The van der Waals surface area contributed by atoms with Crippen molar-refractivity contribution in [2.24, 2.45) is 4.99 Å². The highest BCUT2D eigenvalue weighted by atomic mass is 35.5. The molecule has 0 atom stereocenters. The first-order valence-electron chi connectivity index (χ1n) is 14.7. The van der Waals surface area contributed by atoms with Gasteiger partial charge in [-0.1, -0.05) is 127 Å². The van der Waals surface area contributed by atoms with Gasteiger partial charge in [0.05, 0.1) is 13.2 Å².